The van der Waals surface area contributed by atoms with E-state index in [1.165, 1.54) is 17.2 Å². The maximum Gasteiger partial charge on any atom is 0.389 e. The second kappa shape index (κ2) is 15.6. The van der Waals surface area contributed by atoms with Gasteiger partial charge in [0, 0.05) is 12.5 Å². The highest BCUT2D eigenvalue weighted by Crippen LogP contribution is 2.40. The normalized spacial score (nSPS) is 18.2. The number of alkyl halides is 3. The third-order valence-corrected chi connectivity index (χ3v) is 10.7. The predicted octanol–water partition coefficient (Wildman–Crippen LogP) is 8.73. The van der Waals surface area contributed by atoms with Crippen molar-refractivity contribution >= 4 is 21.0 Å². The average molecular weight is 624 g/mol. The fourth-order valence-electron chi connectivity index (χ4n) is 6.75. The lowest BCUT2D eigenvalue weighted by Crippen LogP contribution is -2.30. The lowest BCUT2D eigenvalue weighted by atomic mass is 9.89. The van der Waals surface area contributed by atoms with Gasteiger partial charge in [0.1, 0.15) is 21.4 Å². The van der Waals surface area contributed by atoms with Crippen molar-refractivity contribution in [2.75, 3.05) is 24.6 Å². The molecule has 2 aromatic carbocycles. The van der Waals surface area contributed by atoms with Crippen LogP contribution in [-0.4, -0.2) is 55.2 Å². The Bertz CT molecular complexity index is 1340. The van der Waals surface area contributed by atoms with E-state index in [0.717, 1.165) is 100 Å². The number of phenols is 1. The maximum atomic E-state index is 14.1. The number of rotatable bonds is 15. The van der Waals surface area contributed by atoms with Crippen molar-refractivity contribution in [3.63, 3.8) is 0 Å². The molecule has 0 bridgehead atoms. The van der Waals surface area contributed by atoms with Gasteiger partial charge in [0.2, 0.25) is 0 Å². The smallest absolute Gasteiger partial charge is 0.389 e. The molecule has 1 heterocycles. The molecule has 0 aromatic heterocycles. The molecule has 1 atom stereocenters. The zero-order valence-electron chi connectivity index (χ0n) is 25.0. The minimum Gasteiger partial charge on any atom is -0.508 e. The zero-order chi connectivity index (χ0) is 30.9. The summed E-state index contributed by atoms with van der Waals surface area (Å²) in [6.45, 7) is 1.98. The summed E-state index contributed by atoms with van der Waals surface area (Å²) in [6.07, 6.45) is 5.52. The molecule has 2 aliphatic rings. The van der Waals surface area contributed by atoms with Crippen molar-refractivity contribution in [3.05, 3.63) is 65.0 Å². The van der Waals surface area contributed by atoms with Crippen molar-refractivity contribution in [1.29, 1.82) is 0 Å². The molecule has 1 aliphatic carbocycles. The highest BCUT2D eigenvalue weighted by atomic mass is 32.2. The highest BCUT2D eigenvalue weighted by molar-refractivity contribution is 7.91. The van der Waals surface area contributed by atoms with Crippen molar-refractivity contribution < 1.29 is 31.1 Å². The van der Waals surface area contributed by atoms with Gasteiger partial charge in [0.05, 0.1) is 11.5 Å². The van der Waals surface area contributed by atoms with E-state index in [9.17, 15) is 31.1 Å². The van der Waals surface area contributed by atoms with Crippen molar-refractivity contribution in [3.8, 4) is 5.75 Å². The number of allylic oxidation sites excluding steroid dienone is 2. The van der Waals surface area contributed by atoms with Crippen LogP contribution in [0.4, 0.5) is 17.6 Å². The van der Waals surface area contributed by atoms with Crippen LogP contribution in [-0.2, 0) is 16.3 Å². The van der Waals surface area contributed by atoms with Crippen molar-refractivity contribution in [1.82, 2.24) is 4.90 Å². The van der Waals surface area contributed by atoms with Crippen LogP contribution in [0.2, 0.25) is 0 Å². The number of likely N-dealkylation sites (tertiary alicyclic amines) is 1. The lowest BCUT2D eigenvalue weighted by Gasteiger charge is -2.24. The monoisotopic (exact) mass is 623 g/mol. The maximum absolute atomic E-state index is 14.1. The number of phenolic OH excluding ortho intramolecular Hbond substituents is 1. The summed E-state index contributed by atoms with van der Waals surface area (Å²) >= 11 is 0. The molecule has 1 saturated heterocycles. The number of benzene rings is 2. The average Bonchev–Trinajstić information content (AvgIpc) is 3.29. The second-order valence-electron chi connectivity index (χ2n) is 12.2. The van der Waals surface area contributed by atoms with Gasteiger partial charge in [-0.2, -0.15) is 13.2 Å². The van der Waals surface area contributed by atoms with Gasteiger partial charge in [-0.1, -0.05) is 31.0 Å². The van der Waals surface area contributed by atoms with Crippen LogP contribution >= 0.6 is 0 Å². The van der Waals surface area contributed by atoms with E-state index in [2.05, 4.69) is 4.90 Å². The summed E-state index contributed by atoms with van der Waals surface area (Å²) < 4.78 is 75.5. The van der Waals surface area contributed by atoms with Gasteiger partial charge in [-0.15, -0.1) is 0 Å². The van der Waals surface area contributed by atoms with Crippen molar-refractivity contribution in [2.45, 2.75) is 102 Å². The van der Waals surface area contributed by atoms with Crippen LogP contribution in [0.25, 0.3) is 11.1 Å². The van der Waals surface area contributed by atoms with E-state index in [0.29, 0.717) is 12.5 Å². The largest absolute Gasteiger partial charge is 0.508 e. The van der Waals surface area contributed by atoms with E-state index in [4.69, 9.17) is 0 Å². The molecule has 43 heavy (non-hydrogen) atoms. The van der Waals surface area contributed by atoms with E-state index in [-0.39, 0.29) is 23.7 Å². The van der Waals surface area contributed by atoms with Gasteiger partial charge < -0.3 is 10.0 Å². The molecule has 0 spiro atoms. The van der Waals surface area contributed by atoms with Gasteiger partial charge in [0.15, 0.2) is 0 Å². The molecule has 0 radical (unpaired) electrons. The quantitative estimate of drug-likeness (QED) is 0.159. The molecule has 1 unspecified atom stereocenters. The zero-order valence-corrected chi connectivity index (χ0v) is 25.8. The van der Waals surface area contributed by atoms with Gasteiger partial charge in [-0.05, 0) is 136 Å². The third-order valence-electron chi connectivity index (χ3n) is 8.85. The molecular weight excluding hydrogens is 578 g/mol. The Balaban J connectivity index is 1.24. The number of aromatic hydroxyl groups is 1. The Morgan fingerprint density at radius 1 is 0.907 bits per heavy atom. The van der Waals surface area contributed by atoms with Crippen LogP contribution in [0, 0.1) is 5.82 Å². The Hall–Kier alpha value is -2.39. The SMILES string of the molecule is O=S(=O)(CCCC1CCCN1CCCCCCC1=C(c2cccc(F)c2)CCCc2cc(O)ccc21)CCCC(F)(F)F. The molecular formula is C34H45F4NO3S. The summed E-state index contributed by atoms with van der Waals surface area (Å²) in [5.41, 5.74) is 5.70. The lowest BCUT2D eigenvalue weighted by molar-refractivity contribution is -0.134. The first-order valence-corrected chi connectivity index (χ1v) is 17.6. The van der Waals surface area contributed by atoms with E-state index < -0.39 is 28.2 Å². The molecule has 0 amide bonds. The van der Waals surface area contributed by atoms with Gasteiger partial charge >= 0.3 is 6.18 Å². The first kappa shape index (κ1) is 33.5. The van der Waals surface area contributed by atoms with E-state index in [1.54, 1.807) is 18.2 Å². The molecule has 4 rings (SSSR count). The molecule has 2 aromatic rings. The van der Waals surface area contributed by atoms with Gasteiger partial charge in [0.25, 0.3) is 0 Å². The third kappa shape index (κ3) is 10.6. The van der Waals surface area contributed by atoms with Crippen LogP contribution in [0.5, 0.6) is 5.75 Å². The number of unbranched alkanes of at least 4 members (excludes halogenated alkanes) is 3. The first-order chi connectivity index (χ1) is 20.5. The Morgan fingerprint density at radius 3 is 2.49 bits per heavy atom. The molecule has 4 nitrogen and oxygen atoms in total. The standard InChI is InChI=1S/C34H45F4NO3S/c35-28-12-5-10-26(24-28)31-16-6-11-27-25-30(40)17-18-32(27)33(31)15-3-1-2-4-20-39-21-7-13-29(39)14-8-22-43(41,42)23-9-19-34(36,37)38/h5,10,12,17-18,24-25,29,40H,1-4,6-9,11,13-16,19-23H2. The second-order valence-corrected chi connectivity index (χ2v) is 14.5. The number of fused-ring (bicyclic) bond motifs is 1. The van der Waals surface area contributed by atoms with Crippen LogP contribution in [0.3, 0.4) is 0 Å². The number of hydrogen-bond acceptors (Lipinski definition) is 4. The van der Waals surface area contributed by atoms with Crippen LogP contribution in [0.15, 0.2) is 42.5 Å². The fraction of sp³-hybridized carbons (Fsp3) is 0.588. The van der Waals surface area contributed by atoms with E-state index >= 15 is 0 Å². The molecule has 1 aliphatic heterocycles. The summed E-state index contributed by atoms with van der Waals surface area (Å²) in [4.78, 5) is 2.45. The van der Waals surface area contributed by atoms with Gasteiger partial charge in [-0.3, -0.25) is 0 Å². The summed E-state index contributed by atoms with van der Waals surface area (Å²) in [6, 6.07) is 12.8. The summed E-state index contributed by atoms with van der Waals surface area (Å²) in [7, 11) is -3.45. The molecule has 0 saturated carbocycles. The Morgan fingerprint density at radius 2 is 1.70 bits per heavy atom. The summed E-state index contributed by atoms with van der Waals surface area (Å²) in [5.74, 6) is -0.390. The molecule has 1 N–H and O–H groups in total. The molecule has 1 fully saturated rings. The number of nitrogens with zero attached hydrogens (tertiary/aromatic N) is 1. The topological polar surface area (TPSA) is 57.6 Å². The van der Waals surface area contributed by atoms with Crippen LogP contribution in [0.1, 0.15) is 100 Å². The molecule has 238 valence electrons. The molecule has 9 heteroatoms. The minimum absolute atomic E-state index is 0.0363. The Kier molecular flexibility index (Phi) is 12.1. The van der Waals surface area contributed by atoms with Gasteiger partial charge in [-0.25, -0.2) is 12.8 Å². The Labute approximate surface area is 254 Å². The number of halogens is 4. The number of aryl methyl sites for hydroxylation is 1. The first-order valence-electron chi connectivity index (χ1n) is 15.8. The minimum atomic E-state index is -4.31. The predicted molar refractivity (Wildman–Crippen MR) is 165 cm³/mol. The highest BCUT2D eigenvalue weighted by Gasteiger charge is 2.28. The van der Waals surface area contributed by atoms with Crippen LogP contribution < -0.4 is 0 Å². The fourth-order valence-corrected chi connectivity index (χ4v) is 8.15. The van der Waals surface area contributed by atoms with E-state index in [1.807, 2.05) is 18.2 Å². The van der Waals surface area contributed by atoms with Crippen molar-refractivity contribution in [2.24, 2.45) is 0 Å². The number of sulfone groups is 1. The summed E-state index contributed by atoms with van der Waals surface area (Å²) in [5, 5.41) is 10.1. The number of hydrogen-bond donors (Lipinski definition) is 1.